The average Bonchev–Trinajstić information content (AvgIpc) is 3.39. The Morgan fingerprint density at radius 2 is 1.77 bits per heavy atom. The normalized spacial score (nSPS) is 12.9. The van der Waals surface area contributed by atoms with Crippen LogP contribution in [0.5, 0.6) is 0 Å². The minimum atomic E-state index is 0.0140. The van der Waals surface area contributed by atoms with Crippen LogP contribution in [0.1, 0.15) is 35.0 Å². The monoisotopic (exact) mass is 396 g/mol. The van der Waals surface area contributed by atoms with Crippen LogP contribution < -0.4 is 4.90 Å². The topological polar surface area (TPSA) is 43.1 Å². The van der Waals surface area contributed by atoms with E-state index in [1.54, 1.807) is 0 Å². The van der Waals surface area contributed by atoms with E-state index in [-0.39, 0.29) is 5.91 Å². The van der Waals surface area contributed by atoms with Crippen LogP contribution >= 0.6 is 0 Å². The Kier molecular flexibility index (Phi) is 4.71. The van der Waals surface area contributed by atoms with Gasteiger partial charge in [-0.15, -0.1) is 0 Å². The molecule has 2 aromatic heterocycles. The van der Waals surface area contributed by atoms with E-state index in [2.05, 4.69) is 34.9 Å². The fourth-order valence-electron chi connectivity index (χ4n) is 4.08. The lowest BCUT2D eigenvalue weighted by Gasteiger charge is -2.23. The Hall–Kier alpha value is -3.60. The van der Waals surface area contributed by atoms with Crippen molar-refractivity contribution in [3.63, 3.8) is 0 Å². The first-order chi connectivity index (χ1) is 14.7. The highest BCUT2D eigenvalue weighted by molar-refractivity contribution is 6.06. The first kappa shape index (κ1) is 18.4. The van der Waals surface area contributed by atoms with Crippen molar-refractivity contribution >= 4 is 11.6 Å². The first-order valence-electron chi connectivity index (χ1n) is 10.4. The molecule has 0 bridgehead atoms. The molecule has 150 valence electrons. The van der Waals surface area contributed by atoms with E-state index >= 15 is 0 Å². The molecule has 0 unspecified atom stereocenters. The van der Waals surface area contributed by atoms with Crippen molar-refractivity contribution < 1.29 is 4.79 Å². The van der Waals surface area contributed by atoms with Gasteiger partial charge in [0.05, 0.1) is 12.2 Å². The summed E-state index contributed by atoms with van der Waals surface area (Å²) in [6, 6.07) is 22.1. The molecular weight excluding hydrogens is 372 g/mol. The van der Waals surface area contributed by atoms with E-state index in [9.17, 15) is 4.79 Å². The molecule has 0 spiro atoms. The van der Waals surface area contributed by atoms with Gasteiger partial charge in [-0.25, -0.2) is 0 Å². The number of anilines is 1. The van der Waals surface area contributed by atoms with Gasteiger partial charge >= 0.3 is 0 Å². The van der Waals surface area contributed by atoms with Crippen LogP contribution in [-0.2, 0) is 19.6 Å². The van der Waals surface area contributed by atoms with Gasteiger partial charge in [-0.3, -0.25) is 9.48 Å². The van der Waals surface area contributed by atoms with Crippen LogP contribution in [-0.4, -0.2) is 20.3 Å². The number of para-hydroxylation sites is 1. The molecule has 5 nitrogen and oxygen atoms in total. The Balaban J connectivity index is 1.45. The van der Waals surface area contributed by atoms with E-state index in [0.717, 1.165) is 47.7 Å². The Bertz CT molecular complexity index is 1190. The fourth-order valence-corrected chi connectivity index (χ4v) is 4.08. The van der Waals surface area contributed by atoms with Crippen LogP contribution in [0.3, 0.4) is 0 Å². The molecule has 0 N–H and O–H groups in total. The van der Waals surface area contributed by atoms with Gasteiger partial charge in [0.15, 0.2) is 0 Å². The van der Waals surface area contributed by atoms with Crippen LogP contribution in [0.25, 0.3) is 11.3 Å². The molecule has 0 saturated heterocycles. The predicted molar refractivity (Wildman–Crippen MR) is 118 cm³/mol. The standard InChI is InChI=1S/C25H24N4O/c1-2-14-28-16-13-23(26-28)19-9-11-20(12-10-19)25(30)29-18-22-7-5-15-27(22)17-21-6-3-4-8-24(21)29/h3-13,15-16H,2,14,17-18H2,1H3. The number of aromatic nitrogens is 3. The summed E-state index contributed by atoms with van der Waals surface area (Å²) in [6.07, 6.45) is 5.13. The van der Waals surface area contributed by atoms with Crippen LogP contribution in [0.2, 0.25) is 0 Å². The largest absolute Gasteiger partial charge is 0.345 e. The second-order valence-corrected chi connectivity index (χ2v) is 7.69. The van der Waals surface area contributed by atoms with Crippen LogP contribution in [0, 0.1) is 0 Å². The van der Waals surface area contributed by atoms with Gasteiger partial charge in [0.1, 0.15) is 0 Å². The quantitative estimate of drug-likeness (QED) is 0.489. The maximum atomic E-state index is 13.5. The molecular formula is C25H24N4O. The summed E-state index contributed by atoms with van der Waals surface area (Å²) in [5, 5.41) is 4.61. The van der Waals surface area contributed by atoms with Gasteiger partial charge in [-0.05, 0) is 48.4 Å². The molecule has 5 heteroatoms. The lowest BCUT2D eigenvalue weighted by molar-refractivity contribution is 0.0985. The van der Waals surface area contributed by atoms with E-state index in [1.165, 1.54) is 0 Å². The summed E-state index contributed by atoms with van der Waals surface area (Å²) in [5.74, 6) is 0.0140. The predicted octanol–water partition coefficient (Wildman–Crippen LogP) is 4.97. The SMILES string of the molecule is CCCn1ccc(-c2ccc(C(=O)N3Cc4cccn4Cc4ccccc43)cc2)n1. The maximum absolute atomic E-state index is 13.5. The molecule has 0 atom stereocenters. The van der Waals surface area contributed by atoms with E-state index in [0.29, 0.717) is 12.1 Å². The highest BCUT2D eigenvalue weighted by Crippen LogP contribution is 2.29. The van der Waals surface area contributed by atoms with Gasteiger partial charge in [0.25, 0.3) is 5.91 Å². The molecule has 1 amide bonds. The smallest absolute Gasteiger partial charge is 0.258 e. The van der Waals surface area contributed by atoms with Crippen molar-refractivity contribution in [3.8, 4) is 11.3 Å². The Morgan fingerprint density at radius 3 is 2.60 bits per heavy atom. The number of benzene rings is 2. The van der Waals surface area contributed by atoms with E-state index in [1.807, 2.05) is 70.4 Å². The lowest BCUT2D eigenvalue weighted by atomic mass is 10.1. The number of fused-ring (bicyclic) bond motifs is 2. The second kappa shape index (κ2) is 7.67. The summed E-state index contributed by atoms with van der Waals surface area (Å²) in [4.78, 5) is 15.4. The molecule has 5 rings (SSSR count). The lowest BCUT2D eigenvalue weighted by Crippen LogP contribution is -2.30. The second-order valence-electron chi connectivity index (χ2n) is 7.69. The van der Waals surface area contributed by atoms with Gasteiger partial charge in [-0.1, -0.05) is 37.3 Å². The number of nitrogens with zero attached hydrogens (tertiary/aromatic N) is 4. The van der Waals surface area contributed by atoms with Gasteiger partial charge < -0.3 is 9.47 Å². The number of rotatable bonds is 4. The number of amides is 1. The molecule has 0 aliphatic carbocycles. The zero-order chi connectivity index (χ0) is 20.5. The van der Waals surface area contributed by atoms with Gasteiger partial charge in [-0.2, -0.15) is 5.10 Å². The number of carbonyl (C=O) groups is 1. The Morgan fingerprint density at radius 1 is 0.933 bits per heavy atom. The van der Waals surface area contributed by atoms with Crippen molar-refractivity contribution in [2.24, 2.45) is 0 Å². The van der Waals surface area contributed by atoms with Gasteiger partial charge in [0, 0.05) is 48.0 Å². The molecule has 2 aromatic carbocycles. The fraction of sp³-hybridized carbons (Fsp3) is 0.200. The third-order valence-electron chi connectivity index (χ3n) is 5.63. The number of aryl methyl sites for hydroxylation is 1. The zero-order valence-corrected chi connectivity index (χ0v) is 17.0. The van der Waals surface area contributed by atoms with Gasteiger partial charge in [0.2, 0.25) is 0 Å². The number of hydrogen-bond donors (Lipinski definition) is 0. The molecule has 0 fully saturated rings. The molecule has 1 aliphatic heterocycles. The summed E-state index contributed by atoms with van der Waals surface area (Å²) in [5.41, 5.74) is 5.90. The van der Waals surface area contributed by atoms with Crippen LogP contribution in [0.15, 0.2) is 79.1 Å². The molecule has 3 heterocycles. The highest BCUT2D eigenvalue weighted by atomic mass is 16.2. The van der Waals surface area contributed by atoms with Crippen LogP contribution in [0.4, 0.5) is 5.69 Å². The minimum Gasteiger partial charge on any atom is -0.345 e. The van der Waals surface area contributed by atoms with Crippen molar-refractivity contribution in [1.29, 1.82) is 0 Å². The van der Waals surface area contributed by atoms with Crippen molar-refractivity contribution in [2.45, 2.75) is 33.0 Å². The molecule has 0 saturated carbocycles. The van der Waals surface area contributed by atoms with Crippen molar-refractivity contribution in [3.05, 3.63) is 95.9 Å². The highest BCUT2D eigenvalue weighted by Gasteiger charge is 2.24. The van der Waals surface area contributed by atoms with Crippen molar-refractivity contribution in [1.82, 2.24) is 14.3 Å². The molecule has 0 radical (unpaired) electrons. The average molecular weight is 396 g/mol. The molecule has 1 aliphatic rings. The number of carbonyl (C=O) groups excluding carboxylic acids is 1. The molecule has 4 aromatic rings. The molecule has 30 heavy (non-hydrogen) atoms. The van der Waals surface area contributed by atoms with E-state index < -0.39 is 0 Å². The minimum absolute atomic E-state index is 0.0140. The first-order valence-corrected chi connectivity index (χ1v) is 10.4. The third-order valence-corrected chi connectivity index (χ3v) is 5.63. The van der Waals surface area contributed by atoms with E-state index in [4.69, 9.17) is 0 Å². The summed E-state index contributed by atoms with van der Waals surface area (Å²) in [6.45, 7) is 4.39. The van der Waals surface area contributed by atoms with Crippen molar-refractivity contribution in [2.75, 3.05) is 4.90 Å². The zero-order valence-electron chi connectivity index (χ0n) is 17.0. The number of hydrogen-bond acceptors (Lipinski definition) is 2. The maximum Gasteiger partial charge on any atom is 0.258 e. The third kappa shape index (κ3) is 3.32. The summed E-state index contributed by atoms with van der Waals surface area (Å²) >= 11 is 0. The Labute approximate surface area is 176 Å². The summed E-state index contributed by atoms with van der Waals surface area (Å²) < 4.78 is 4.17. The summed E-state index contributed by atoms with van der Waals surface area (Å²) in [7, 11) is 0.